The van der Waals surface area contributed by atoms with Gasteiger partial charge in [-0.3, -0.25) is 9.59 Å². The highest BCUT2D eigenvalue weighted by molar-refractivity contribution is 6.02. The first-order valence-corrected chi connectivity index (χ1v) is 7.13. The number of furan rings is 1. The Morgan fingerprint density at radius 3 is 2.33 bits per heavy atom. The Bertz CT molecular complexity index is 629. The Morgan fingerprint density at radius 2 is 1.75 bits per heavy atom. The van der Waals surface area contributed by atoms with Crippen LogP contribution in [-0.2, 0) is 9.53 Å². The van der Waals surface area contributed by atoms with Crippen LogP contribution in [0.1, 0.15) is 10.6 Å². The van der Waals surface area contributed by atoms with Gasteiger partial charge in [0, 0.05) is 25.0 Å². The molecule has 1 heterocycles. The number of carbonyl (C=O) groups is 2. The van der Waals surface area contributed by atoms with E-state index in [4.69, 9.17) is 9.15 Å². The maximum Gasteiger partial charge on any atom is 0.291 e. The van der Waals surface area contributed by atoms with Gasteiger partial charge in [-0.2, -0.15) is 0 Å². The highest BCUT2D eigenvalue weighted by atomic mass is 35.5. The molecule has 2 rings (SSSR count). The van der Waals surface area contributed by atoms with Crippen LogP contribution < -0.4 is 16.0 Å². The van der Waals surface area contributed by atoms with E-state index in [0.29, 0.717) is 24.5 Å². The Balaban J connectivity index is 0.00000288. The molecular formula is C16H20ClN3O4. The van der Waals surface area contributed by atoms with E-state index in [9.17, 15) is 9.59 Å². The van der Waals surface area contributed by atoms with E-state index in [0.717, 1.165) is 0 Å². The fraction of sp³-hybridized carbons (Fsp3) is 0.250. The average molecular weight is 354 g/mol. The SMILES string of the molecule is COCCNCC(=O)Nc1ccc(NC(=O)c2ccco2)cc1.Cl. The van der Waals surface area contributed by atoms with Crippen molar-refractivity contribution in [3.05, 3.63) is 48.4 Å². The van der Waals surface area contributed by atoms with Gasteiger partial charge in [0.05, 0.1) is 19.4 Å². The van der Waals surface area contributed by atoms with Crippen molar-refractivity contribution in [3.8, 4) is 0 Å². The first-order chi connectivity index (χ1) is 11.2. The molecule has 2 aromatic rings. The summed E-state index contributed by atoms with van der Waals surface area (Å²) in [6.07, 6.45) is 1.44. The summed E-state index contributed by atoms with van der Waals surface area (Å²) in [6.45, 7) is 1.37. The van der Waals surface area contributed by atoms with Gasteiger partial charge in [-0.25, -0.2) is 0 Å². The lowest BCUT2D eigenvalue weighted by molar-refractivity contribution is -0.115. The van der Waals surface area contributed by atoms with Crippen molar-refractivity contribution in [3.63, 3.8) is 0 Å². The monoisotopic (exact) mass is 353 g/mol. The summed E-state index contributed by atoms with van der Waals surface area (Å²) in [7, 11) is 1.61. The first-order valence-electron chi connectivity index (χ1n) is 7.13. The minimum atomic E-state index is -0.325. The van der Waals surface area contributed by atoms with Crippen molar-refractivity contribution < 1.29 is 18.7 Å². The number of benzene rings is 1. The summed E-state index contributed by atoms with van der Waals surface area (Å²) < 4.78 is 9.89. The summed E-state index contributed by atoms with van der Waals surface area (Å²) in [4.78, 5) is 23.5. The second-order valence-corrected chi connectivity index (χ2v) is 4.73. The van der Waals surface area contributed by atoms with Crippen LogP contribution in [0.5, 0.6) is 0 Å². The molecule has 24 heavy (non-hydrogen) atoms. The number of rotatable bonds is 8. The van der Waals surface area contributed by atoms with Crippen LogP contribution in [0, 0.1) is 0 Å². The van der Waals surface area contributed by atoms with Crippen molar-refractivity contribution in [1.82, 2.24) is 5.32 Å². The maximum atomic E-state index is 11.8. The van der Waals surface area contributed by atoms with E-state index in [2.05, 4.69) is 16.0 Å². The predicted molar refractivity (Wildman–Crippen MR) is 93.7 cm³/mol. The van der Waals surface area contributed by atoms with Crippen molar-refractivity contribution in [2.75, 3.05) is 37.4 Å². The number of methoxy groups -OCH3 is 1. The second-order valence-electron chi connectivity index (χ2n) is 4.73. The highest BCUT2D eigenvalue weighted by Crippen LogP contribution is 2.14. The molecule has 0 spiro atoms. The van der Waals surface area contributed by atoms with Gasteiger partial charge in [-0.1, -0.05) is 0 Å². The normalized spacial score (nSPS) is 9.88. The van der Waals surface area contributed by atoms with Gasteiger partial charge < -0.3 is 25.1 Å². The van der Waals surface area contributed by atoms with Gasteiger partial charge >= 0.3 is 0 Å². The number of hydrogen-bond donors (Lipinski definition) is 3. The van der Waals surface area contributed by atoms with Crippen LogP contribution in [0.25, 0.3) is 0 Å². The number of nitrogens with one attached hydrogen (secondary N) is 3. The number of anilines is 2. The lowest BCUT2D eigenvalue weighted by Crippen LogP contribution is -2.30. The minimum absolute atomic E-state index is 0. The fourth-order valence-electron chi connectivity index (χ4n) is 1.82. The topological polar surface area (TPSA) is 92.6 Å². The quantitative estimate of drug-likeness (QED) is 0.632. The Morgan fingerprint density at radius 1 is 1.08 bits per heavy atom. The zero-order chi connectivity index (χ0) is 16.5. The van der Waals surface area contributed by atoms with E-state index in [1.54, 1.807) is 43.5 Å². The van der Waals surface area contributed by atoms with Gasteiger partial charge in [-0.05, 0) is 36.4 Å². The number of hydrogen-bond acceptors (Lipinski definition) is 5. The van der Waals surface area contributed by atoms with E-state index in [-0.39, 0.29) is 36.5 Å². The van der Waals surface area contributed by atoms with Gasteiger partial charge in [-0.15, -0.1) is 12.4 Å². The Labute approximate surface area is 146 Å². The van der Waals surface area contributed by atoms with E-state index in [1.807, 2.05) is 0 Å². The zero-order valence-electron chi connectivity index (χ0n) is 13.2. The summed E-state index contributed by atoms with van der Waals surface area (Å²) in [6, 6.07) is 10.1. The van der Waals surface area contributed by atoms with Crippen LogP contribution in [0.4, 0.5) is 11.4 Å². The minimum Gasteiger partial charge on any atom is -0.459 e. The standard InChI is InChI=1S/C16H19N3O4.ClH/c1-22-10-8-17-11-15(20)18-12-4-6-13(7-5-12)19-16(21)14-3-2-9-23-14;/h2-7,9,17H,8,10-11H2,1H3,(H,18,20)(H,19,21);1H. The molecule has 0 aliphatic carbocycles. The molecule has 0 unspecified atom stereocenters. The Kier molecular flexibility index (Phi) is 8.56. The van der Waals surface area contributed by atoms with Crippen LogP contribution in [0.15, 0.2) is 47.1 Å². The van der Waals surface area contributed by atoms with Gasteiger partial charge in [0.25, 0.3) is 5.91 Å². The van der Waals surface area contributed by atoms with Crippen molar-refractivity contribution in [1.29, 1.82) is 0 Å². The summed E-state index contributed by atoms with van der Waals surface area (Å²) in [5, 5.41) is 8.41. The van der Waals surface area contributed by atoms with E-state index in [1.165, 1.54) is 6.26 Å². The molecule has 7 nitrogen and oxygen atoms in total. The van der Waals surface area contributed by atoms with Crippen molar-refractivity contribution in [2.45, 2.75) is 0 Å². The number of ether oxygens (including phenoxy) is 1. The highest BCUT2D eigenvalue weighted by Gasteiger charge is 2.08. The number of amides is 2. The van der Waals surface area contributed by atoms with E-state index >= 15 is 0 Å². The first kappa shape index (κ1) is 19.7. The molecule has 1 aromatic heterocycles. The molecule has 3 N–H and O–H groups in total. The molecule has 0 bridgehead atoms. The molecule has 8 heteroatoms. The van der Waals surface area contributed by atoms with Crippen molar-refractivity contribution >= 4 is 35.6 Å². The third kappa shape index (κ3) is 6.41. The average Bonchev–Trinajstić information content (AvgIpc) is 3.08. The molecule has 0 saturated heterocycles. The zero-order valence-corrected chi connectivity index (χ0v) is 14.0. The lowest BCUT2D eigenvalue weighted by atomic mass is 10.2. The summed E-state index contributed by atoms with van der Waals surface area (Å²) >= 11 is 0. The van der Waals surface area contributed by atoms with Crippen LogP contribution >= 0.6 is 12.4 Å². The predicted octanol–water partition coefficient (Wildman–Crippen LogP) is 2.13. The third-order valence-electron chi connectivity index (χ3n) is 2.94. The molecule has 0 saturated carbocycles. The number of carbonyl (C=O) groups excluding carboxylic acids is 2. The van der Waals surface area contributed by atoms with E-state index < -0.39 is 0 Å². The molecule has 0 fully saturated rings. The van der Waals surface area contributed by atoms with Crippen LogP contribution in [-0.4, -0.2) is 38.6 Å². The molecule has 1 aromatic carbocycles. The largest absolute Gasteiger partial charge is 0.459 e. The Hall–Kier alpha value is -2.35. The molecule has 0 radical (unpaired) electrons. The third-order valence-corrected chi connectivity index (χ3v) is 2.94. The molecule has 0 aliphatic heterocycles. The second kappa shape index (κ2) is 10.4. The molecule has 0 atom stereocenters. The molecular weight excluding hydrogens is 334 g/mol. The molecule has 130 valence electrons. The van der Waals surface area contributed by atoms with Crippen LogP contribution in [0.2, 0.25) is 0 Å². The summed E-state index contributed by atoms with van der Waals surface area (Å²) in [5.41, 5.74) is 1.27. The summed E-state index contributed by atoms with van der Waals surface area (Å²) in [5.74, 6) is -0.230. The van der Waals surface area contributed by atoms with Gasteiger partial charge in [0.15, 0.2) is 5.76 Å². The molecule has 0 aliphatic rings. The van der Waals surface area contributed by atoms with Gasteiger partial charge in [0.2, 0.25) is 5.91 Å². The van der Waals surface area contributed by atoms with Gasteiger partial charge in [0.1, 0.15) is 0 Å². The van der Waals surface area contributed by atoms with Crippen molar-refractivity contribution in [2.24, 2.45) is 0 Å². The van der Waals surface area contributed by atoms with Crippen LogP contribution in [0.3, 0.4) is 0 Å². The number of halogens is 1. The fourth-order valence-corrected chi connectivity index (χ4v) is 1.82. The lowest BCUT2D eigenvalue weighted by Gasteiger charge is -2.08. The molecule has 2 amide bonds. The smallest absolute Gasteiger partial charge is 0.291 e. The maximum absolute atomic E-state index is 11.8.